The van der Waals surface area contributed by atoms with Crippen LogP contribution in [0.1, 0.15) is 22.3 Å². The number of benzene rings is 3. The van der Waals surface area contributed by atoms with Crippen LogP contribution in [0.4, 0.5) is 24.5 Å². The highest BCUT2D eigenvalue weighted by Gasteiger charge is 2.42. The van der Waals surface area contributed by atoms with E-state index in [9.17, 15) is 21.6 Å². The summed E-state index contributed by atoms with van der Waals surface area (Å²) >= 11 is 6.15. The monoisotopic (exact) mass is 603 g/mol. The van der Waals surface area contributed by atoms with E-state index in [1.807, 2.05) is 19.1 Å². The van der Waals surface area contributed by atoms with Crippen LogP contribution in [0.2, 0.25) is 5.02 Å². The number of piperazine rings is 1. The molecule has 41 heavy (non-hydrogen) atoms. The second-order valence-corrected chi connectivity index (χ2v) is 12.9. The molecule has 2 saturated heterocycles. The average Bonchev–Trinajstić information content (AvgIpc) is 2.90. The van der Waals surface area contributed by atoms with E-state index < -0.39 is 21.8 Å². The Labute approximate surface area is 242 Å². The third-order valence-corrected chi connectivity index (χ3v) is 10.1. The SMILES string of the molecule is Cc1cccc(S(=O)(=O)N2C[C@@H]3CN(C4COC4)CCN3c3ccc(/C=C/c4c(Cl)cccc4C(F)(F)F)cc32)c1. The van der Waals surface area contributed by atoms with Gasteiger partial charge in [-0.3, -0.25) is 9.21 Å². The van der Waals surface area contributed by atoms with Gasteiger partial charge >= 0.3 is 6.18 Å². The number of nitrogens with zero attached hydrogens (tertiary/aromatic N) is 3. The summed E-state index contributed by atoms with van der Waals surface area (Å²) in [5.74, 6) is 0. The van der Waals surface area contributed by atoms with Gasteiger partial charge < -0.3 is 9.64 Å². The molecule has 6 rings (SSSR count). The van der Waals surface area contributed by atoms with Crippen molar-refractivity contribution in [3.05, 3.63) is 87.9 Å². The summed E-state index contributed by atoms with van der Waals surface area (Å²) in [6, 6.07) is 16.2. The Morgan fingerprint density at radius 2 is 1.71 bits per heavy atom. The minimum absolute atomic E-state index is 0.0183. The largest absolute Gasteiger partial charge is 0.417 e. The van der Waals surface area contributed by atoms with E-state index in [1.165, 1.54) is 28.6 Å². The molecule has 6 nitrogen and oxygen atoms in total. The van der Waals surface area contributed by atoms with Gasteiger partial charge in [-0.15, -0.1) is 0 Å². The van der Waals surface area contributed by atoms with Crippen molar-refractivity contribution in [2.45, 2.75) is 30.1 Å². The zero-order valence-electron chi connectivity index (χ0n) is 22.3. The number of hydrogen-bond acceptors (Lipinski definition) is 5. The lowest BCUT2D eigenvalue weighted by Gasteiger charge is -2.51. The number of alkyl halides is 3. The molecule has 0 bridgehead atoms. The van der Waals surface area contributed by atoms with Crippen LogP contribution in [0.3, 0.4) is 0 Å². The number of ether oxygens (including phenoxy) is 1. The van der Waals surface area contributed by atoms with Crippen LogP contribution in [0.5, 0.6) is 0 Å². The van der Waals surface area contributed by atoms with Gasteiger partial charge in [0.15, 0.2) is 0 Å². The Morgan fingerprint density at radius 1 is 0.927 bits per heavy atom. The summed E-state index contributed by atoms with van der Waals surface area (Å²) in [5, 5.41) is -0.0183. The van der Waals surface area contributed by atoms with Gasteiger partial charge in [-0.1, -0.05) is 48.0 Å². The lowest BCUT2D eigenvalue weighted by molar-refractivity contribution is -0.137. The molecule has 3 aliphatic heterocycles. The minimum atomic E-state index is -4.57. The summed E-state index contributed by atoms with van der Waals surface area (Å²) in [7, 11) is -3.92. The molecule has 0 spiro atoms. The standard InChI is InChI=1S/C30H29ClF3N3O3S/c1-20-4-2-5-24(14-20)41(38,39)37-17-22-16-35(23-18-40-19-23)12-13-36(22)28-11-9-21(15-29(28)37)8-10-25-26(30(32,33)34)6-3-7-27(25)31/h2-11,14-15,22-23H,12-13,16-19H2,1H3/b10-8+/t22-/m0/s1. The molecule has 0 amide bonds. The Hall–Kier alpha value is -3.05. The lowest BCUT2D eigenvalue weighted by atomic mass is 10.0. The van der Waals surface area contributed by atoms with Crippen molar-refractivity contribution in [3.63, 3.8) is 0 Å². The van der Waals surface area contributed by atoms with E-state index in [2.05, 4.69) is 9.80 Å². The van der Waals surface area contributed by atoms with Crippen molar-refractivity contribution >= 4 is 45.2 Å². The average molecular weight is 604 g/mol. The first-order chi connectivity index (χ1) is 19.5. The van der Waals surface area contributed by atoms with Crippen molar-refractivity contribution in [2.75, 3.05) is 48.6 Å². The van der Waals surface area contributed by atoms with Crippen molar-refractivity contribution in [1.82, 2.24) is 4.90 Å². The molecule has 3 aromatic rings. The summed E-state index contributed by atoms with van der Waals surface area (Å²) in [6.45, 7) is 5.75. The van der Waals surface area contributed by atoms with Gasteiger partial charge in [0.05, 0.1) is 53.7 Å². The first kappa shape index (κ1) is 28.1. The molecular formula is C30H29ClF3N3O3S. The molecule has 0 unspecified atom stereocenters. The topological polar surface area (TPSA) is 53.1 Å². The third kappa shape index (κ3) is 5.34. The van der Waals surface area contributed by atoms with Crippen molar-refractivity contribution in [3.8, 4) is 0 Å². The second kappa shape index (κ2) is 10.7. The predicted molar refractivity (Wildman–Crippen MR) is 155 cm³/mol. The van der Waals surface area contributed by atoms with Gasteiger partial charge in [-0.25, -0.2) is 8.42 Å². The zero-order valence-corrected chi connectivity index (χ0v) is 23.9. The number of halogens is 4. The van der Waals surface area contributed by atoms with Gasteiger partial charge in [0, 0.05) is 30.2 Å². The smallest absolute Gasteiger partial charge is 0.378 e. The maximum absolute atomic E-state index is 14.1. The van der Waals surface area contributed by atoms with E-state index in [-0.39, 0.29) is 28.1 Å². The van der Waals surface area contributed by atoms with Crippen LogP contribution in [-0.4, -0.2) is 64.8 Å². The molecule has 1 atom stereocenters. The molecule has 3 aliphatic rings. The molecule has 0 aromatic heterocycles. The fourth-order valence-corrected chi connectivity index (χ4v) is 7.61. The van der Waals surface area contributed by atoms with Gasteiger partial charge in [0.25, 0.3) is 10.0 Å². The predicted octanol–water partition coefficient (Wildman–Crippen LogP) is 5.94. The molecule has 3 heterocycles. The minimum Gasteiger partial charge on any atom is -0.378 e. The molecule has 0 radical (unpaired) electrons. The van der Waals surface area contributed by atoms with Crippen LogP contribution in [0.25, 0.3) is 12.2 Å². The van der Waals surface area contributed by atoms with Crippen molar-refractivity contribution in [1.29, 1.82) is 0 Å². The maximum atomic E-state index is 14.1. The van der Waals surface area contributed by atoms with Crippen LogP contribution < -0.4 is 9.21 Å². The first-order valence-corrected chi connectivity index (χ1v) is 15.2. The van der Waals surface area contributed by atoms with Gasteiger partial charge in [0.1, 0.15) is 0 Å². The van der Waals surface area contributed by atoms with E-state index in [0.717, 1.165) is 30.4 Å². The summed E-state index contributed by atoms with van der Waals surface area (Å²) in [4.78, 5) is 4.81. The lowest BCUT2D eigenvalue weighted by Crippen LogP contribution is -2.64. The van der Waals surface area contributed by atoms with Gasteiger partial charge in [-0.05, 0) is 54.4 Å². The van der Waals surface area contributed by atoms with Crippen LogP contribution in [0, 0.1) is 6.92 Å². The highest BCUT2D eigenvalue weighted by Crippen LogP contribution is 2.42. The highest BCUT2D eigenvalue weighted by molar-refractivity contribution is 7.92. The normalized spacial score (nSPS) is 20.2. The number of sulfonamides is 1. The summed E-state index contributed by atoms with van der Waals surface area (Å²) < 4.78 is 75.9. The van der Waals surface area contributed by atoms with E-state index in [0.29, 0.717) is 37.1 Å². The Bertz CT molecular complexity index is 1610. The molecule has 216 valence electrons. The van der Waals surface area contributed by atoms with Crippen molar-refractivity contribution in [2.24, 2.45) is 0 Å². The van der Waals surface area contributed by atoms with Gasteiger partial charge in [0.2, 0.25) is 0 Å². The van der Waals surface area contributed by atoms with Crippen LogP contribution in [-0.2, 0) is 20.9 Å². The molecule has 2 fully saturated rings. The van der Waals surface area contributed by atoms with Crippen LogP contribution in [0.15, 0.2) is 65.6 Å². The Morgan fingerprint density at radius 3 is 2.41 bits per heavy atom. The summed E-state index contributed by atoms with van der Waals surface area (Å²) in [5.41, 5.74) is 1.70. The quantitative estimate of drug-likeness (QED) is 0.338. The summed E-state index contributed by atoms with van der Waals surface area (Å²) in [6.07, 6.45) is -1.70. The number of anilines is 2. The fourth-order valence-electron chi connectivity index (χ4n) is 5.76. The van der Waals surface area contributed by atoms with E-state index >= 15 is 0 Å². The molecule has 11 heteroatoms. The first-order valence-electron chi connectivity index (χ1n) is 13.4. The van der Waals surface area contributed by atoms with Crippen LogP contribution >= 0.6 is 11.6 Å². The second-order valence-electron chi connectivity index (χ2n) is 10.7. The number of fused-ring (bicyclic) bond motifs is 3. The van der Waals surface area contributed by atoms with Gasteiger partial charge in [-0.2, -0.15) is 13.2 Å². The molecular weight excluding hydrogens is 575 g/mol. The maximum Gasteiger partial charge on any atom is 0.417 e. The number of rotatable bonds is 5. The molecule has 0 saturated carbocycles. The van der Waals surface area contributed by atoms with Crippen molar-refractivity contribution < 1.29 is 26.3 Å². The number of hydrogen-bond donors (Lipinski definition) is 0. The number of aryl methyl sites for hydroxylation is 1. The zero-order chi connectivity index (χ0) is 28.9. The van der Waals surface area contributed by atoms with E-state index in [1.54, 1.807) is 30.3 Å². The fraction of sp³-hybridized carbons (Fsp3) is 0.333. The molecule has 3 aromatic carbocycles. The third-order valence-electron chi connectivity index (χ3n) is 7.98. The Kier molecular flexibility index (Phi) is 7.30. The molecule has 0 aliphatic carbocycles. The molecule has 0 N–H and O–H groups in total. The Balaban J connectivity index is 1.41. The van der Waals surface area contributed by atoms with E-state index in [4.69, 9.17) is 16.3 Å². The highest BCUT2D eigenvalue weighted by atomic mass is 35.5.